The van der Waals surface area contributed by atoms with E-state index in [-0.39, 0.29) is 11.3 Å². The van der Waals surface area contributed by atoms with E-state index in [2.05, 4.69) is 5.32 Å². The number of amides is 3. The molecule has 0 bridgehead atoms. The maximum Gasteiger partial charge on any atom is 0.325 e. The number of aliphatic carboxylic acids is 1. The van der Waals surface area contributed by atoms with Crippen molar-refractivity contribution in [2.45, 2.75) is 18.0 Å². The third kappa shape index (κ3) is 2.97. The van der Waals surface area contributed by atoms with Crippen LogP contribution in [-0.2, 0) is 19.2 Å². The van der Waals surface area contributed by atoms with Gasteiger partial charge in [0.05, 0.1) is 23.9 Å². The molecule has 172 valence electrons. The minimum absolute atomic E-state index is 0.164. The molecule has 0 aliphatic carbocycles. The maximum absolute atomic E-state index is 13.8. The molecule has 0 radical (unpaired) electrons. The Morgan fingerprint density at radius 3 is 2.35 bits per heavy atom. The molecule has 3 amide bonds. The minimum atomic E-state index is -2.12. The molecule has 0 saturated carbocycles. The summed E-state index contributed by atoms with van der Waals surface area (Å²) in [5.41, 5.74) is 3.86. The number of hydrogen-bond acceptors (Lipinski definition) is 6. The predicted octanol–water partition coefficient (Wildman–Crippen LogP) is 1.69. The van der Waals surface area contributed by atoms with Crippen molar-refractivity contribution in [2.24, 2.45) is 17.6 Å². The number of phenolic OH excluding ortho intramolecular Hbond substituents is 1. The van der Waals surface area contributed by atoms with Crippen molar-refractivity contribution in [1.29, 1.82) is 0 Å². The average molecular weight is 459 g/mol. The summed E-state index contributed by atoms with van der Waals surface area (Å²) in [6.07, 6.45) is -0.698. The number of fused-ring (bicyclic) bond motifs is 2. The van der Waals surface area contributed by atoms with Gasteiger partial charge < -0.3 is 15.9 Å². The highest BCUT2D eigenvalue weighted by atomic mass is 16.4. The number of carbonyl (C=O) groups is 4. The van der Waals surface area contributed by atoms with E-state index in [0.717, 1.165) is 10.3 Å². The van der Waals surface area contributed by atoms with Crippen LogP contribution >= 0.6 is 0 Å². The van der Waals surface area contributed by atoms with Gasteiger partial charge in [0.1, 0.15) is 11.3 Å². The van der Waals surface area contributed by atoms with Gasteiger partial charge in [0.15, 0.2) is 0 Å². The fraction of sp³-hybridized carbons (Fsp3) is 0.200. The molecule has 2 saturated heterocycles. The average Bonchev–Trinajstić information content (AvgIpc) is 3.27. The second-order valence-electron chi connectivity index (χ2n) is 8.61. The van der Waals surface area contributed by atoms with Gasteiger partial charge in [-0.1, -0.05) is 54.6 Å². The summed E-state index contributed by atoms with van der Waals surface area (Å²) in [6, 6.07) is 17.5. The number of anilines is 1. The van der Waals surface area contributed by atoms with Crippen LogP contribution in [0.2, 0.25) is 0 Å². The molecule has 34 heavy (non-hydrogen) atoms. The number of carboxylic acid groups (broad SMARTS) is 1. The highest BCUT2D eigenvalue weighted by Crippen LogP contribution is 2.52. The number of nitrogens with two attached hydrogens (primary N) is 1. The van der Waals surface area contributed by atoms with Crippen LogP contribution in [-0.4, -0.2) is 39.4 Å². The van der Waals surface area contributed by atoms with Gasteiger partial charge in [-0.3, -0.25) is 24.5 Å². The molecule has 2 fully saturated rings. The van der Waals surface area contributed by atoms with E-state index in [9.17, 15) is 29.4 Å². The molecule has 5 N–H and O–H groups in total. The van der Waals surface area contributed by atoms with Gasteiger partial charge in [-0.05, 0) is 17.5 Å². The standard InChI is InChI=1S/C25H21N3O6/c26-18(30)12-25(24(33)34)20-19(21(27-25)15-9-3-4-11-17(15)29)22(31)28(23(20)32)16-10-5-7-13-6-1-2-8-14(13)16/h1-11,19-21,27,29H,12H2,(H2,26,30)(H,33,34)/t19-,20+,21-,25-/m1/s1. The lowest BCUT2D eigenvalue weighted by Gasteiger charge is -2.30. The van der Waals surface area contributed by atoms with Gasteiger partial charge in [0, 0.05) is 17.0 Å². The molecular weight excluding hydrogens is 438 g/mol. The van der Waals surface area contributed by atoms with Gasteiger partial charge in [-0.15, -0.1) is 0 Å². The van der Waals surface area contributed by atoms with Crippen LogP contribution < -0.4 is 16.0 Å². The molecule has 0 unspecified atom stereocenters. The topological polar surface area (TPSA) is 150 Å². The van der Waals surface area contributed by atoms with E-state index in [0.29, 0.717) is 11.1 Å². The van der Waals surface area contributed by atoms with Crippen molar-refractivity contribution < 1.29 is 29.4 Å². The number of nitrogens with zero attached hydrogens (tertiary/aromatic N) is 1. The van der Waals surface area contributed by atoms with Crippen molar-refractivity contribution in [3.8, 4) is 5.75 Å². The molecule has 5 rings (SSSR count). The third-order valence-corrected chi connectivity index (χ3v) is 6.77. The summed E-state index contributed by atoms with van der Waals surface area (Å²) < 4.78 is 0. The molecule has 9 heteroatoms. The van der Waals surface area contributed by atoms with E-state index in [4.69, 9.17) is 5.73 Å². The summed E-state index contributed by atoms with van der Waals surface area (Å²) >= 11 is 0. The van der Waals surface area contributed by atoms with Crippen LogP contribution in [0.1, 0.15) is 18.0 Å². The van der Waals surface area contributed by atoms with Crippen LogP contribution in [0.5, 0.6) is 5.75 Å². The van der Waals surface area contributed by atoms with E-state index in [1.165, 1.54) is 6.07 Å². The Kier molecular flexibility index (Phi) is 4.87. The smallest absolute Gasteiger partial charge is 0.325 e. The molecule has 2 aliphatic rings. The number of carbonyl (C=O) groups excluding carboxylic acids is 3. The van der Waals surface area contributed by atoms with E-state index >= 15 is 0 Å². The van der Waals surface area contributed by atoms with Crippen LogP contribution in [0.4, 0.5) is 5.69 Å². The number of rotatable bonds is 5. The van der Waals surface area contributed by atoms with Crippen LogP contribution in [0, 0.1) is 11.8 Å². The number of benzene rings is 3. The molecule has 4 atom stereocenters. The fourth-order valence-corrected chi connectivity index (χ4v) is 5.37. The van der Waals surface area contributed by atoms with Gasteiger partial charge in [-0.25, -0.2) is 4.90 Å². The highest BCUT2D eigenvalue weighted by Gasteiger charge is 2.69. The van der Waals surface area contributed by atoms with Crippen LogP contribution in [0.25, 0.3) is 10.8 Å². The number of phenols is 1. The number of aromatic hydroxyl groups is 1. The first-order valence-electron chi connectivity index (χ1n) is 10.7. The number of primary amides is 1. The van der Waals surface area contributed by atoms with E-state index < -0.39 is 53.5 Å². The zero-order valence-corrected chi connectivity index (χ0v) is 17.8. The lowest BCUT2D eigenvalue weighted by Crippen LogP contribution is -2.57. The Hall–Kier alpha value is -4.24. The first kappa shape index (κ1) is 21.6. The monoisotopic (exact) mass is 459 g/mol. The SMILES string of the molecule is NC(=O)C[C@@]1(C(=O)O)N[C@H](c2ccccc2O)[C@@H]2C(=O)N(c3cccc4ccccc34)C(=O)[C@H]21. The first-order chi connectivity index (χ1) is 16.3. The van der Waals surface area contributed by atoms with E-state index in [1.807, 2.05) is 18.2 Å². The van der Waals surface area contributed by atoms with Crippen molar-refractivity contribution in [3.05, 3.63) is 72.3 Å². The lowest BCUT2D eigenvalue weighted by atomic mass is 9.77. The summed E-state index contributed by atoms with van der Waals surface area (Å²) in [7, 11) is 0. The quantitative estimate of drug-likeness (QED) is 0.424. The summed E-state index contributed by atoms with van der Waals surface area (Å²) in [5, 5.41) is 25.0. The summed E-state index contributed by atoms with van der Waals surface area (Å²) in [5.74, 6) is -6.50. The number of para-hydroxylation sites is 1. The second-order valence-corrected chi connectivity index (χ2v) is 8.61. The lowest BCUT2D eigenvalue weighted by molar-refractivity contribution is -0.150. The zero-order valence-electron chi connectivity index (χ0n) is 17.8. The third-order valence-electron chi connectivity index (χ3n) is 6.77. The molecule has 3 aromatic carbocycles. The van der Waals surface area contributed by atoms with Crippen molar-refractivity contribution in [1.82, 2.24) is 5.32 Å². The molecular formula is C25H21N3O6. The number of nitrogens with one attached hydrogen (secondary N) is 1. The van der Waals surface area contributed by atoms with E-state index in [1.54, 1.807) is 42.5 Å². The van der Waals surface area contributed by atoms with Crippen molar-refractivity contribution in [3.63, 3.8) is 0 Å². The summed E-state index contributed by atoms with van der Waals surface area (Å²) in [4.78, 5) is 53.1. The predicted molar refractivity (Wildman–Crippen MR) is 122 cm³/mol. The Morgan fingerprint density at radius 1 is 0.971 bits per heavy atom. The fourth-order valence-electron chi connectivity index (χ4n) is 5.37. The molecule has 3 aromatic rings. The minimum Gasteiger partial charge on any atom is -0.508 e. The first-order valence-corrected chi connectivity index (χ1v) is 10.7. The van der Waals surface area contributed by atoms with Crippen LogP contribution in [0.15, 0.2) is 66.7 Å². The normalized spacial score (nSPS) is 26.1. The molecule has 0 spiro atoms. The van der Waals surface area contributed by atoms with Gasteiger partial charge in [0.25, 0.3) is 0 Å². The molecule has 2 heterocycles. The largest absolute Gasteiger partial charge is 0.508 e. The maximum atomic E-state index is 13.8. The van der Waals surface area contributed by atoms with Gasteiger partial charge in [0.2, 0.25) is 17.7 Å². The zero-order chi connectivity index (χ0) is 24.2. The Labute approximate surface area is 193 Å². The molecule has 2 aliphatic heterocycles. The summed E-state index contributed by atoms with van der Waals surface area (Å²) in [6.45, 7) is 0. The number of imide groups is 1. The second kappa shape index (κ2) is 7.67. The van der Waals surface area contributed by atoms with Gasteiger partial charge >= 0.3 is 5.97 Å². The van der Waals surface area contributed by atoms with Crippen LogP contribution in [0.3, 0.4) is 0 Å². The van der Waals surface area contributed by atoms with Crippen molar-refractivity contribution >= 4 is 40.2 Å². The Morgan fingerprint density at radius 2 is 1.65 bits per heavy atom. The molecule has 9 nitrogen and oxygen atoms in total. The highest BCUT2D eigenvalue weighted by molar-refractivity contribution is 6.27. The van der Waals surface area contributed by atoms with Crippen molar-refractivity contribution in [2.75, 3.05) is 4.90 Å². The Balaban J connectivity index is 1.72. The molecule has 0 aromatic heterocycles. The van der Waals surface area contributed by atoms with Gasteiger partial charge in [-0.2, -0.15) is 0 Å². The number of hydrogen-bond donors (Lipinski definition) is 4. The number of carboxylic acids is 1. The Bertz CT molecular complexity index is 1370.